The number of unbranched alkanes of at least 4 members (excludes halogenated alkanes) is 1. The van der Waals surface area contributed by atoms with Gasteiger partial charge in [-0.25, -0.2) is 0 Å². The van der Waals surface area contributed by atoms with E-state index in [2.05, 4.69) is 6.92 Å². The first-order chi connectivity index (χ1) is 9.37. The predicted molar refractivity (Wildman–Crippen MR) is 87.1 cm³/mol. The van der Waals surface area contributed by atoms with Crippen molar-refractivity contribution in [1.29, 1.82) is 0 Å². The molecule has 0 unspecified atom stereocenters. The number of hydrogen-bond acceptors (Lipinski definition) is 3. The molecule has 0 radical (unpaired) electrons. The lowest BCUT2D eigenvalue weighted by molar-refractivity contribution is -0.107. The number of ether oxygens (including phenoxy) is 1. The molecule has 0 atom stereocenters. The summed E-state index contributed by atoms with van der Waals surface area (Å²) in [6.45, 7) is 12.4. The van der Waals surface area contributed by atoms with Gasteiger partial charge in [0.1, 0.15) is 13.1 Å². The Labute approximate surface area is 126 Å². The number of aldehydes is 1. The second kappa shape index (κ2) is 18.3. The third kappa shape index (κ3) is 30.4. The highest BCUT2D eigenvalue weighted by molar-refractivity contribution is 5.48. The minimum absolute atomic E-state index is 0.0417. The number of methoxy groups -OCH3 is 1. The van der Waals surface area contributed by atoms with E-state index >= 15 is 0 Å². The first kappa shape index (κ1) is 24.3. The highest BCUT2D eigenvalue weighted by Crippen LogP contribution is 2.22. The fourth-order valence-corrected chi connectivity index (χ4v) is 1.42. The SMILES string of the molecule is C=O.CC1CCCCC1.CCCC=O.COC(C)(C)C. The van der Waals surface area contributed by atoms with Gasteiger partial charge in [0.15, 0.2) is 0 Å². The monoisotopic (exact) mass is 288 g/mol. The third-order valence-corrected chi connectivity index (χ3v) is 2.91. The highest BCUT2D eigenvalue weighted by Gasteiger charge is 2.06. The summed E-state index contributed by atoms with van der Waals surface area (Å²) in [4.78, 5) is 17.4. The molecular weight excluding hydrogens is 252 g/mol. The topological polar surface area (TPSA) is 43.4 Å². The predicted octanol–water partition coefficient (Wildman–Crippen LogP) is 4.82. The van der Waals surface area contributed by atoms with Gasteiger partial charge in [0.05, 0.1) is 5.60 Å². The molecule has 0 aliphatic heterocycles. The molecule has 3 heteroatoms. The summed E-state index contributed by atoms with van der Waals surface area (Å²) in [5.41, 5.74) is 0.0417. The molecule has 122 valence electrons. The molecule has 3 nitrogen and oxygen atoms in total. The van der Waals surface area contributed by atoms with Crippen molar-refractivity contribution < 1.29 is 14.3 Å². The van der Waals surface area contributed by atoms with Crippen molar-refractivity contribution in [2.45, 2.75) is 85.2 Å². The molecule has 0 N–H and O–H groups in total. The lowest BCUT2D eigenvalue weighted by Gasteiger charge is -2.15. The van der Waals surface area contributed by atoms with Crippen LogP contribution in [0.2, 0.25) is 0 Å². The zero-order valence-electron chi connectivity index (χ0n) is 14.5. The van der Waals surface area contributed by atoms with Crippen LogP contribution >= 0.6 is 0 Å². The summed E-state index contributed by atoms with van der Waals surface area (Å²) in [6, 6.07) is 0. The largest absolute Gasteiger partial charge is 0.379 e. The van der Waals surface area contributed by atoms with Gasteiger partial charge in [-0.3, -0.25) is 0 Å². The first-order valence-corrected chi connectivity index (χ1v) is 7.65. The summed E-state index contributed by atoms with van der Waals surface area (Å²) >= 11 is 0. The number of hydrogen-bond donors (Lipinski definition) is 0. The Hall–Kier alpha value is -0.700. The minimum atomic E-state index is 0.0417. The van der Waals surface area contributed by atoms with Gasteiger partial charge in [0, 0.05) is 13.5 Å². The Bertz CT molecular complexity index is 179. The summed E-state index contributed by atoms with van der Waals surface area (Å²) < 4.78 is 4.94. The van der Waals surface area contributed by atoms with Crippen molar-refractivity contribution in [3.8, 4) is 0 Å². The van der Waals surface area contributed by atoms with Crippen LogP contribution in [0, 0.1) is 5.92 Å². The molecule has 0 aromatic carbocycles. The van der Waals surface area contributed by atoms with E-state index in [1.165, 1.54) is 32.1 Å². The average Bonchev–Trinajstić information content (AvgIpc) is 2.43. The molecule has 0 saturated heterocycles. The maximum absolute atomic E-state index is 9.40. The van der Waals surface area contributed by atoms with Crippen molar-refractivity contribution in [3.05, 3.63) is 0 Å². The van der Waals surface area contributed by atoms with E-state index in [9.17, 15) is 4.79 Å². The molecule has 20 heavy (non-hydrogen) atoms. The first-order valence-electron chi connectivity index (χ1n) is 7.65. The zero-order valence-corrected chi connectivity index (χ0v) is 14.5. The van der Waals surface area contributed by atoms with E-state index in [0.29, 0.717) is 6.42 Å². The lowest BCUT2D eigenvalue weighted by atomic mass is 9.91. The van der Waals surface area contributed by atoms with Crippen molar-refractivity contribution in [3.63, 3.8) is 0 Å². The number of carbonyl (C=O) groups excluding carboxylic acids is 2. The Kier molecular flexibility index (Phi) is 22.3. The van der Waals surface area contributed by atoms with Gasteiger partial charge in [-0.1, -0.05) is 46.0 Å². The quantitative estimate of drug-likeness (QED) is 0.684. The molecule has 0 aromatic rings. The number of rotatable bonds is 2. The molecule has 1 saturated carbocycles. The standard InChI is InChI=1S/C7H14.C5H12O.C4H8O.CH2O/c1-7-5-3-2-4-6-7;1-5(2,3)6-4;1-2-3-4-5;1-2/h7H,2-6H2,1H3;1-4H3;4H,2-3H2,1H3;1H2. The van der Waals surface area contributed by atoms with Crippen LogP contribution in [0.15, 0.2) is 0 Å². The fourth-order valence-electron chi connectivity index (χ4n) is 1.42. The van der Waals surface area contributed by atoms with Gasteiger partial charge in [-0.05, 0) is 33.1 Å². The van der Waals surface area contributed by atoms with Gasteiger partial charge < -0.3 is 14.3 Å². The van der Waals surface area contributed by atoms with Crippen LogP contribution in [-0.4, -0.2) is 25.8 Å². The summed E-state index contributed by atoms with van der Waals surface area (Å²) in [6.07, 6.45) is 10.1. The van der Waals surface area contributed by atoms with Crippen LogP contribution < -0.4 is 0 Å². The minimum Gasteiger partial charge on any atom is -0.379 e. The van der Waals surface area contributed by atoms with Gasteiger partial charge >= 0.3 is 0 Å². The van der Waals surface area contributed by atoms with Crippen LogP contribution in [0.5, 0.6) is 0 Å². The normalized spacial score (nSPS) is 14.5. The maximum atomic E-state index is 9.40. The second-order valence-electron chi connectivity index (χ2n) is 6.02. The van der Waals surface area contributed by atoms with Crippen LogP contribution in [0.25, 0.3) is 0 Å². The molecule has 1 aliphatic carbocycles. The Balaban J connectivity index is -0.000000207. The summed E-state index contributed by atoms with van der Waals surface area (Å²) in [5.74, 6) is 1.04. The molecule has 0 spiro atoms. The summed E-state index contributed by atoms with van der Waals surface area (Å²) in [5, 5.41) is 0. The Morgan fingerprint density at radius 1 is 1.15 bits per heavy atom. The molecule has 0 amide bonds. The van der Waals surface area contributed by atoms with Gasteiger partial charge in [-0.2, -0.15) is 0 Å². The van der Waals surface area contributed by atoms with Crippen molar-refractivity contribution in [2.24, 2.45) is 5.92 Å². The van der Waals surface area contributed by atoms with E-state index < -0.39 is 0 Å². The van der Waals surface area contributed by atoms with Crippen LogP contribution in [0.3, 0.4) is 0 Å². The third-order valence-electron chi connectivity index (χ3n) is 2.91. The Morgan fingerprint density at radius 2 is 1.55 bits per heavy atom. The van der Waals surface area contributed by atoms with Crippen molar-refractivity contribution >= 4 is 13.1 Å². The molecule has 0 bridgehead atoms. The smallest absolute Gasteiger partial charge is 0.119 e. The van der Waals surface area contributed by atoms with E-state index in [0.717, 1.165) is 18.6 Å². The highest BCUT2D eigenvalue weighted by atomic mass is 16.5. The molecule has 0 heterocycles. The fraction of sp³-hybridized carbons (Fsp3) is 0.882. The lowest BCUT2D eigenvalue weighted by Crippen LogP contribution is -2.15. The average molecular weight is 288 g/mol. The van der Waals surface area contributed by atoms with Gasteiger partial charge in [0.25, 0.3) is 0 Å². The molecule has 1 fully saturated rings. The van der Waals surface area contributed by atoms with Gasteiger partial charge in [0.2, 0.25) is 0 Å². The molecule has 1 rings (SSSR count). The molecule has 0 aromatic heterocycles. The van der Waals surface area contributed by atoms with E-state index in [1.807, 2.05) is 34.5 Å². The Morgan fingerprint density at radius 3 is 1.65 bits per heavy atom. The van der Waals surface area contributed by atoms with E-state index in [-0.39, 0.29) is 5.60 Å². The second-order valence-corrected chi connectivity index (χ2v) is 6.02. The zero-order chi connectivity index (χ0) is 16.4. The van der Waals surface area contributed by atoms with Crippen LogP contribution in [0.4, 0.5) is 0 Å². The van der Waals surface area contributed by atoms with E-state index in [1.54, 1.807) is 7.11 Å². The van der Waals surface area contributed by atoms with Crippen molar-refractivity contribution in [1.82, 2.24) is 0 Å². The maximum Gasteiger partial charge on any atom is 0.119 e. The number of carbonyl (C=O) groups is 2. The van der Waals surface area contributed by atoms with Crippen molar-refractivity contribution in [2.75, 3.05) is 7.11 Å². The molecule has 1 aliphatic rings. The van der Waals surface area contributed by atoms with E-state index in [4.69, 9.17) is 9.53 Å². The van der Waals surface area contributed by atoms with Gasteiger partial charge in [-0.15, -0.1) is 0 Å². The molecular formula is C17H36O3. The van der Waals surface area contributed by atoms with Crippen LogP contribution in [-0.2, 0) is 14.3 Å². The van der Waals surface area contributed by atoms with Crippen LogP contribution in [0.1, 0.15) is 79.6 Å². The summed E-state index contributed by atoms with van der Waals surface area (Å²) in [7, 11) is 1.71.